The minimum Gasteiger partial charge on any atom is -0.451 e. The highest BCUT2D eigenvalue weighted by molar-refractivity contribution is 5.96. The molecule has 2 atom stereocenters. The monoisotopic (exact) mass is 348 g/mol. The third-order valence-corrected chi connectivity index (χ3v) is 5.65. The lowest BCUT2D eigenvalue weighted by Crippen LogP contribution is -2.32. The molecule has 2 aliphatic rings. The Balaban J connectivity index is 0.00000169. The molecule has 2 fully saturated rings. The van der Waals surface area contributed by atoms with Crippen molar-refractivity contribution in [3.8, 4) is 0 Å². The van der Waals surface area contributed by atoms with Gasteiger partial charge in [0.1, 0.15) is 5.58 Å². The van der Waals surface area contributed by atoms with E-state index in [-0.39, 0.29) is 18.3 Å². The van der Waals surface area contributed by atoms with Gasteiger partial charge in [-0.3, -0.25) is 4.79 Å². The molecule has 4 rings (SSSR count). The number of likely N-dealkylation sites (tertiary alicyclic amines) is 1. The van der Waals surface area contributed by atoms with Crippen molar-refractivity contribution in [2.45, 2.75) is 26.7 Å². The van der Waals surface area contributed by atoms with Crippen molar-refractivity contribution in [3.05, 3.63) is 35.1 Å². The minimum absolute atomic E-state index is 0. The summed E-state index contributed by atoms with van der Waals surface area (Å²) in [5.41, 5.74) is 3.24. The third-order valence-electron chi connectivity index (χ3n) is 5.65. The van der Waals surface area contributed by atoms with Crippen LogP contribution < -0.4 is 5.32 Å². The summed E-state index contributed by atoms with van der Waals surface area (Å²) in [6.45, 7) is 8.06. The van der Waals surface area contributed by atoms with E-state index in [2.05, 4.69) is 25.2 Å². The van der Waals surface area contributed by atoms with Gasteiger partial charge < -0.3 is 14.6 Å². The van der Waals surface area contributed by atoms with Crippen molar-refractivity contribution in [2.24, 2.45) is 11.8 Å². The van der Waals surface area contributed by atoms with E-state index < -0.39 is 0 Å². The summed E-state index contributed by atoms with van der Waals surface area (Å²) in [4.78, 5) is 14.8. The second-order valence-electron chi connectivity index (χ2n) is 7.13. The summed E-state index contributed by atoms with van der Waals surface area (Å²) in [5, 5.41) is 4.49. The van der Waals surface area contributed by atoms with Crippen LogP contribution in [0.15, 0.2) is 22.6 Å². The molecule has 4 nitrogen and oxygen atoms in total. The quantitative estimate of drug-likeness (QED) is 0.857. The second kappa shape index (κ2) is 6.77. The molecule has 0 bridgehead atoms. The number of benzene rings is 1. The molecule has 1 N–H and O–H groups in total. The summed E-state index contributed by atoms with van der Waals surface area (Å²) in [7, 11) is 0. The fourth-order valence-corrected chi connectivity index (χ4v) is 3.98. The molecule has 3 heterocycles. The number of rotatable bonds is 1. The Morgan fingerprint density at radius 3 is 2.38 bits per heavy atom. The SMILES string of the molecule is Cc1cc2cc(C(=O)N3CC[C@@H]4CNC[C@@H]4CC3)oc2cc1C.Cl. The van der Waals surface area contributed by atoms with Crippen LogP contribution in [0.3, 0.4) is 0 Å². The molecule has 2 aliphatic heterocycles. The van der Waals surface area contributed by atoms with Gasteiger partial charge in [-0.25, -0.2) is 0 Å². The Hall–Kier alpha value is -1.52. The van der Waals surface area contributed by atoms with Gasteiger partial charge in [0.15, 0.2) is 5.76 Å². The number of halogens is 1. The van der Waals surface area contributed by atoms with Crippen molar-refractivity contribution in [2.75, 3.05) is 26.2 Å². The molecule has 0 spiro atoms. The average Bonchev–Trinajstić information content (AvgIpc) is 3.09. The largest absolute Gasteiger partial charge is 0.451 e. The van der Waals surface area contributed by atoms with Crippen LogP contribution >= 0.6 is 12.4 Å². The summed E-state index contributed by atoms with van der Waals surface area (Å²) >= 11 is 0. The zero-order valence-corrected chi connectivity index (χ0v) is 15.1. The van der Waals surface area contributed by atoms with E-state index in [1.807, 2.05) is 17.0 Å². The maximum atomic E-state index is 12.8. The number of aryl methyl sites for hydroxylation is 2. The molecule has 0 saturated carbocycles. The molecule has 1 aromatic heterocycles. The maximum absolute atomic E-state index is 12.8. The topological polar surface area (TPSA) is 45.5 Å². The lowest BCUT2D eigenvalue weighted by atomic mass is 9.92. The van der Waals surface area contributed by atoms with Gasteiger partial charge >= 0.3 is 0 Å². The van der Waals surface area contributed by atoms with Crippen molar-refractivity contribution in [1.82, 2.24) is 10.2 Å². The number of furan rings is 1. The average molecular weight is 349 g/mol. The molecule has 24 heavy (non-hydrogen) atoms. The molecule has 1 aromatic carbocycles. The minimum atomic E-state index is 0. The highest BCUT2D eigenvalue weighted by atomic mass is 35.5. The van der Waals surface area contributed by atoms with Crippen LogP contribution in [0.1, 0.15) is 34.5 Å². The Morgan fingerprint density at radius 1 is 1.08 bits per heavy atom. The maximum Gasteiger partial charge on any atom is 0.289 e. The summed E-state index contributed by atoms with van der Waals surface area (Å²) < 4.78 is 5.85. The first-order chi connectivity index (χ1) is 11.1. The molecule has 1 amide bonds. The van der Waals surface area contributed by atoms with Crippen molar-refractivity contribution < 1.29 is 9.21 Å². The normalized spacial score (nSPS) is 23.7. The predicted molar refractivity (Wildman–Crippen MR) is 97.9 cm³/mol. The molecule has 2 saturated heterocycles. The number of carbonyl (C=O) groups excluding carboxylic acids is 1. The van der Waals surface area contributed by atoms with Gasteiger partial charge in [-0.2, -0.15) is 0 Å². The number of hydrogen-bond donors (Lipinski definition) is 1. The highest BCUT2D eigenvalue weighted by Crippen LogP contribution is 2.29. The standard InChI is InChI=1S/C19H24N2O2.ClH/c1-12-7-16-9-18(23-17(16)8-13(12)2)19(22)21-5-3-14-10-20-11-15(14)4-6-21;/h7-9,14-15,20H,3-6,10-11H2,1-2H3;1H/t14-,15+;. The first kappa shape index (κ1) is 17.3. The van der Waals surface area contributed by atoms with Crippen LogP contribution in [0.4, 0.5) is 0 Å². The van der Waals surface area contributed by atoms with Gasteiger partial charge in [-0.05, 0) is 80.9 Å². The van der Waals surface area contributed by atoms with Crippen LogP contribution in [-0.2, 0) is 0 Å². The molecule has 2 aromatic rings. The van der Waals surface area contributed by atoms with E-state index in [0.717, 1.165) is 61.8 Å². The zero-order chi connectivity index (χ0) is 16.0. The molecule has 0 aliphatic carbocycles. The predicted octanol–water partition coefficient (Wildman–Crippen LogP) is 3.54. The molecule has 5 heteroatoms. The number of hydrogen-bond acceptors (Lipinski definition) is 3. The number of nitrogens with one attached hydrogen (secondary N) is 1. The molecular formula is C19H25ClN2O2. The summed E-state index contributed by atoms with van der Waals surface area (Å²) in [5.74, 6) is 1.99. The van der Waals surface area contributed by atoms with Gasteiger partial charge in [0.2, 0.25) is 0 Å². The molecule has 0 radical (unpaired) electrons. The summed E-state index contributed by atoms with van der Waals surface area (Å²) in [6, 6.07) is 6.03. The van der Waals surface area contributed by atoms with Crippen LogP contribution in [0.25, 0.3) is 11.0 Å². The van der Waals surface area contributed by atoms with Crippen molar-refractivity contribution in [1.29, 1.82) is 0 Å². The highest BCUT2D eigenvalue weighted by Gasteiger charge is 2.32. The van der Waals surface area contributed by atoms with E-state index in [0.29, 0.717) is 5.76 Å². The van der Waals surface area contributed by atoms with E-state index in [1.54, 1.807) is 0 Å². The molecule has 130 valence electrons. The van der Waals surface area contributed by atoms with Gasteiger partial charge in [-0.15, -0.1) is 12.4 Å². The number of fused-ring (bicyclic) bond motifs is 2. The second-order valence-corrected chi connectivity index (χ2v) is 7.13. The van der Waals surface area contributed by atoms with Gasteiger partial charge in [0.25, 0.3) is 5.91 Å². The van der Waals surface area contributed by atoms with E-state index in [1.165, 1.54) is 11.1 Å². The fraction of sp³-hybridized carbons (Fsp3) is 0.526. The van der Waals surface area contributed by atoms with E-state index in [9.17, 15) is 4.79 Å². The summed E-state index contributed by atoms with van der Waals surface area (Å²) in [6.07, 6.45) is 2.20. The van der Waals surface area contributed by atoms with Gasteiger partial charge in [0, 0.05) is 18.5 Å². The molecular weight excluding hydrogens is 324 g/mol. The third kappa shape index (κ3) is 3.05. The fourth-order valence-electron chi connectivity index (χ4n) is 3.98. The van der Waals surface area contributed by atoms with Crippen LogP contribution in [0, 0.1) is 25.7 Å². The van der Waals surface area contributed by atoms with Gasteiger partial charge in [-0.1, -0.05) is 0 Å². The van der Waals surface area contributed by atoms with Crippen LogP contribution in [0.2, 0.25) is 0 Å². The van der Waals surface area contributed by atoms with Crippen LogP contribution in [-0.4, -0.2) is 37.0 Å². The Kier molecular flexibility index (Phi) is 4.88. The Labute approximate surface area is 149 Å². The smallest absolute Gasteiger partial charge is 0.289 e. The number of nitrogens with zero attached hydrogens (tertiary/aromatic N) is 1. The van der Waals surface area contributed by atoms with E-state index >= 15 is 0 Å². The van der Waals surface area contributed by atoms with Gasteiger partial charge in [0.05, 0.1) is 0 Å². The van der Waals surface area contributed by atoms with Crippen LogP contribution in [0.5, 0.6) is 0 Å². The lowest BCUT2D eigenvalue weighted by molar-refractivity contribution is 0.0729. The number of amides is 1. The van der Waals surface area contributed by atoms with Crippen molar-refractivity contribution >= 4 is 29.3 Å². The first-order valence-electron chi connectivity index (χ1n) is 8.62. The zero-order valence-electron chi connectivity index (χ0n) is 14.3. The Bertz CT molecular complexity index is 702. The number of carbonyl (C=O) groups is 1. The molecule has 0 unspecified atom stereocenters. The first-order valence-corrected chi connectivity index (χ1v) is 8.62. The lowest BCUT2D eigenvalue weighted by Gasteiger charge is -2.19. The van der Waals surface area contributed by atoms with Crippen molar-refractivity contribution in [3.63, 3.8) is 0 Å². The Morgan fingerprint density at radius 2 is 1.71 bits per heavy atom. The van der Waals surface area contributed by atoms with E-state index in [4.69, 9.17) is 4.42 Å².